The molecule has 47 heavy (non-hydrogen) atoms. The number of piperidine rings is 1. The summed E-state index contributed by atoms with van der Waals surface area (Å²) >= 11 is 5.28. The van der Waals surface area contributed by atoms with Crippen LogP contribution in [0, 0.1) is 0 Å². The first-order chi connectivity index (χ1) is 22.8. The first-order valence-electron chi connectivity index (χ1n) is 15.4. The topological polar surface area (TPSA) is 133 Å². The van der Waals surface area contributed by atoms with Crippen LogP contribution >= 0.6 is 11.6 Å². The summed E-state index contributed by atoms with van der Waals surface area (Å²) in [5, 5.41) is 7.47. The third kappa shape index (κ3) is 6.94. The summed E-state index contributed by atoms with van der Waals surface area (Å²) in [6.07, 6.45) is 4.91. The Morgan fingerprint density at radius 1 is 1.00 bits per heavy atom. The molecule has 0 bridgehead atoms. The van der Waals surface area contributed by atoms with E-state index < -0.39 is 25.1 Å². The minimum absolute atomic E-state index is 0.0151. The van der Waals surface area contributed by atoms with E-state index in [9.17, 15) is 13.2 Å². The van der Waals surface area contributed by atoms with Crippen LogP contribution in [0.25, 0.3) is 22.2 Å². The molecule has 2 aliphatic heterocycles. The molecule has 0 aliphatic carbocycles. The molecule has 1 unspecified atom stereocenters. The van der Waals surface area contributed by atoms with Gasteiger partial charge < -0.3 is 0 Å². The molecule has 7 rings (SSSR count). The van der Waals surface area contributed by atoms with E-state index in [0.29, 0.717) is 39.7 Å². The van der Waals surface area contributed by atoms with Crippen molar-refractivity contribution in [2.75, 3.05) is 43.4 Å². The maximum atomic E-state index is 13.6. The summed E-state index contributed by atoms with van der Waals surface area (Å²) in [5.41, 5.74) is 2.34. The molecule has 14 heteroatoms. The molecule has 11 nitrogen and oxygen atoms in total. The fourth-order valence-electron chi connectivity index (χ4n) is 6.04. The first kappa shape index (κ1) is 31.8. The molecule has 0 spiro atoms. The average molecular weight is 733 g/mol. The van der Waals surface area contributed by atoms with Gasteiger partial charge in [0.2, 0.25) is 0 Å². The van der Waals surface area contributed by atoms with E-state index in [4.69, 9.17) is 16.6 Å². The Bertz CT molecular complexity index is 2000. The molecule has 242 valence electrons. The van der Waals surface area contributed by atoms with E-state index in [1.807, 2.05) is 24.3 Å². The summed E-state index contributed by atoms with van der Waals surface area (Å²) in [5.74, 6) is 0.332. The Labute approximate surface area is 283 Å². The van der Waals surface area contributed by atoms with Crippen LogP contribution in [0.1, 0.15) is 12.8 Å². The summed E-state index contributed by atoms with van der Waals surface area (Å²) < 4.78 is 36.9. The monoisotopic (exact) mass is 732 g/mol. The summed E-state index contributed by atoms with van der Waals surface area (Å²) in [4.78, 5) is 24.4. The second-order valence-corrected chi connectivity index (χ2v) is 17.6. The molecule has 5 aromatic rings. The van der Waals surface area contributed by atoms with Gasteiger partial charge in [-0.3, -0.25) is 0 Å². The number of carbonyl (C=O) groups excluding carboxylic acids is 1. The number of nitrogens with one attached hydrogen (secondary N) is 4. The van der Waals surface area contributed by atoms with Crippen LogP contribution in [0.4, 0.5) is 11.6 Å². The Hall–Kier alpha value is -3.77. The van der Waals surface area contributed by atoms with Crippen LogP contribution in [-0.4, -0.2) is 87.0 Å². The van der Waals surface area contributed by atoms with Crippen LogP contribution in [0.15, 0.2) is 96.2 Å². The Kier molecular flexibility index (Phi) is 9.31. The van der Waals surface area contributed by atoms with E-state index in [0.717, 1.165) is 38.2 Å². The molecular formula is C33H34AsClN8O3S. The third-order valence-electron chi connectivity index (χ3n) is 8.26. The van der Waals surface area contributed by atoms with Gasteiger partial charge in [0.1, 0.15) is 0 Å². The number of anilines is 2. The zero-order valence-corrected chi connectivity index (χ0v) is 28.9. The van der Waals surface area contributed by atoms with Crippen LogP contribution in [-0.2, 0) is 14.8 Å². The van der Waals surface area contributed by atoms with E-state index in [1.54, 1.807) is 48.7 Å². The van der Waals surface area contributed by atoms with Gasteiger partial charge in [0.15, 0.2) is 0 Å². The van der Waals surface area contributed by atoms with Gasteiger partial charge in [-0.2, -0.15) is 0 Å². The quantitative estimate of drug-likeness (QED) is 0.169. The van der Waals surface area contributed by atoms with Gasteiger partial charge in [-0.15, -0.1) is 0 Å². The number of para-hydroxylation sites is 1. The number of fused-ring (bicyclic) bond motifs is 1. The number of carbonyl (C=O) groups is 1. The molecule has 2 aromatic heterocycles. The predicted octanol–water partition coefficient (Wildman–Crippen LogP) is 3.39. The van der Waals surface area contributed by atoms with Crippen molar-refractivity contribution in [1.82, 2.24) is 27.3 Å². The van der Waals surface area contributed by atoms with Crippen molar-refractivity contribution in [2.45, 2.75) is 23.8 Å². The second kappa shape index (κ2) is 13.8. The van der Waals surface area contributed by atoms with Gasteiger partial charge in [0.25, 0.3) is 10.0 Å². The Morgan fingerprint density at radius 2 is 1.74 bits per heavy atom. The van der Waals surface area contributed by atoms with Crippen LogP contribution in [0.3, 0.4) is 0 Å². The number of nitrogens with zero attached hydrogens (tertiary/aromatic N) is 4. The van der Waals surface area contributed by atoms with Crippen molar-refractivity contribution in [3.63, 3.8) is 0 Å². The van der Waals surface area contributed by atoms with Crippen molar-refractivity contribution in [3.8, 4) is 11.3 Å². The average Bonchev–Trinajstić information content (AvgIpc) is 3.76. The normalized spacial score (nSPS) is 17.6. The molecular weight excluding hydrogens is 699 g/mol. The zero-order valence-electron chi connectivity index (χ0n) is 25.4. The summed E-state index contributed by atoms with van der Waals surface area (Å²) in [6, 6.07) is 23.7. The third-order valence-corrected chi connectivity index (χ3v) is 14.2. The summed E-state index contributed by atoms with van der Waals surface area (Å²) in [7, 11) is -3.87. The molecule has 1 amide bonds. The molecule has 2 saturated heterocycles. The molecule has 4 heterocycles. The fraction of sp³-hybridized carbons (Fsp3) is 0.242. The first-order valence-corrected chi connectivity index (χ1v) is 20.1. The van der Waals surface area contributed by atoms with Gasteiger partial charge in [-0.25, -0.2) is 22.4 Å². The number of aromatic nitrogens is 3. The van der Waals surface area contributed by atoms with Crippen molar-refractivity contribution < 1.29 is 13.2 Å². The van der Waals surface area contributed by atoms with Gasteiger partial charge in [-0.05, 0) is 18.2 Å². The van der Waals surface area contributed by atoms with Crippen molar-refractivity contribution in [2.24, 2.45) is 0 Å². The Balaban J connectivity index is 1.05. The van der Waals surface area contributed by atoms with Crippen molar-refractivity contribution in [1.29, 1.82) is 0 Å². The van der Waals surface area contributed by atoms with E-state index in [1.165, 1.54) is 14.5 Å². The standard InChI is InChI=1S/C33H34AsClN8O3S/c35-29-19-36-33(41-32(29)28-21-43(30-11-5-4-10-27(28)30)47(45,46)26-8-2-1-3-9-26)40-25-7-6-18-42(20-25)22-31(44)39-24-14-12-23(13-15-24)34-37-16-17-38-34/h1-5,8-15,19,21,25,37-38H,6-7,16-18,20,22H2,(H,39,44)(H,36,40,41). The van der Waals surface area contributed by atoms with Crippen molar-refractivity contribution >= 4 is 69.5 Å². The number of halogens is 1. The molecule has 1 atom stereocenters. The molecule has 2 fully saturated rings. The predicted molar refractivity (Wildman–Crippen MR) is 187 cm³/mol. The SMILES string of the molecule is O=C(CN1CCCC(Nc2ncc(Cl)c(-c3cn(S(=O)(=O)c4ccccc4)c4ccccc34)n2)C1)Nc1ccc([As]2NCCN2)cc1. The van der Waals surface area contributed by atoms with Crippen LogP contribution < -0.4 is 23.5 Å². The number of amides is 1. The van der Waals surface area contributed by atoms with E-state index >= 15 is 0 Å². The molecule has 3 aromatic carbocycles. The second-order valence-electron chi connectivity index (χ2n) is 11.5. The van der Waals surface area contributed by atoms with Gasteiger partial charge in [0, 0.05) is 17.1 Å². The number of hydrogen-bond donors (Lipinski definition) is 4. The number of rotatable bonds is 9. The maximum absolute atomic E-state index is 13.6. The number of likely N-dealkylation sites (tertiary alicyclic amines) is 1. The summed E-state index contributed by atoms with van der Waals surface area (Å²) in [6.45, 7) is 3.75. The fourth-order valence-corrected chi connectivity index (χ4v) is 11.0. The Morgan fingerprint density at radius 3 is 2.53 bits per heavy atom. The number of hydrogen-bond acceptors (Lipinski definition) is 9. The minimum atomic E-state index is -3.87. The molecule has 2 aliphatic rings. The van der Waals surface area contributed by atoms with E-state index in [2.05, 4.69) is 41.1 Å². The van der Waals surface area contributed by atoms with Crippen molar-refractivity contribution in [3.05, 3.63) is 96.3 Å². The molecule has 0 saturated carbocycles. The van der Waals surface area contributed by atoms with Gasteiger partial charge in [-0.1, -0.05) is 48.0 Å². The zero-order chi connectivity index (χ0) is 32.4. The van der Waals surface area contributed by atoms with Crippen LogP contribution in [0.5, 0.6) is 0 Å². The van der Waals surface area contributed by atoms with Crippen LogP contribution in [0.2, 0.25) is 5.02 Å². The molecule has 4 N–H and O–H groups in total. The molecule has 0 radical (unpaired) electrons. The number of benzene rings is 3. The van der Waals surface area contributed by atoms with Gasteiger partial charge >= 0.3 is 142 Å². The van der Waals surface area contributed by atoms with E-state index in [-0.39, 0.29) is 23.4 Å². The van der Waals surface area contributed by atoms with Gasteiger partial charge in [0.05, 0.1) is 27.3 Å².